The predicted octanol–water partition coefficient (Wildman–Crippen LogP) is 1.09. The first-order chi connectivity index (χ1) is 5.79. The van der Waals surface area contributed by atoms with E-state index < -0.39 is 0 Å². The van der Waals surface area contributed by atoms with Crippen LogP contribution in [0.1, 0.15) is 24.7 Å². The van der Waals surface area contributed by atoms with Crippen LogP contribution in [-0.4, -0.2) is 16.6 Å². The maximum Gasteiger partial charge on any atom is 0.0949 e. The fourth-order valence-corrected chi connectivity index (χ4v) is 1.38. The van der Waals surface area contributed by atoms with Crippen LogP contribution in [0.2, 0.25) is 0 Å². The Labute approximate surface area is 73.8 Å². The van der Waals surface area contributed by atoms with Crippen LogP contribution >= 0.6 is 0 Å². The molecule has 0 saturated carbocycles. The third-order valence-electron chi connectivity index (χ3n) is 1.98. The molecule has 0 radical (unpaired) electrons. The minimum Gasteiger partial charge on any atom is -0.337 e. The zero-order valence-electron chi connectivity index (χ0n) is 8.09. The quantitative estimate of drug-likeness (QED) is 0.727. The van der Waals surface area contributed by atoms with Crippen molar-refractivity contribution in [3.05, 3.63) is 17.7 Å². The molecular formula is C9H17N3. The van der Waals surface area contributed by atoms with Gasteiger partial charge in [0.25, 0.3) is 0 Å². The predicted molar refractivity (Wildman–Crippen MR) is 50.0 cm³/mol. The van der Waals surface area contributed by atoms with Gasteiger partial charge in [-0.05, 0) is 13.5 Å². The van der Waals surface area contributed by atoms with Crippen molar-refractivity contribution in [1.82, 2.24) is 14.9 Å². The molecule has 0 atom stereocenters. The molecule has 3 heteroatoms. The van der Waals surface area contributed by atoms with Gasteiger partial charge in [-0.25, -0.2) is 4.98 Å². The monoisotopic (exact) mass is 167 g/mol. The number of aryl methyl sites for hydroxylation is 1. The fraction of sp³-hybridized carbons (Fsp3) is 0.667. The highest BCUT2D eigenvalue weighted by atomic mass is 15.0. The van der Waals surface area contributed by atoms with Gasteiger partial charge in [-0.15, -0.1) is 0 Å². The lowest BCUT2D eigenvalue weighted by atomic mass is 10.2. The van der Waals surface area contributed by atoms with Gasteiger partial charge in [0.15, 0.2) is 0 Å². The van der Waals surface area contributed by atoms with Crippen LogP contribution in [0, 0.1) is 0 Å². The lowest BCUT2D eigenvalue weighted by molar-refractivity contribution is 0.742. The summed E-state index contributed by atoms with van der Waals surface area (Å²) in [5.41, 5.74) is 2.54. The van der Waals surface area contributed by atoms with E-state index >= 15 is 0 Å². The highest BCUT2D eigenvalue weighted by Crippen LogP contribution is 2.08. The normalized spacial score (nSPS) is 10.6. The summed E-state index contributed by atoms with van der Waals surface area (Å²) >= 11 is 0. The van der Waals surface area contributed by atoms with E-state index in [9.17, 15) is 0 Å². The fourth-order valence-electron chi connectivity index (χ4n) is 1.38. The van der Waals surface area contributed by atoms with Crippen LogP contribution in [-0.2, 0) is 20.0 Å². The van der Waals surface area contributed by atoms with Gasteiger partial charge in [0.2, 0.25) is 0 Å². The van der Waals surface area contributed by atoms with Crippen LogP contribution in [0.4, 0.5) is 0 Å². The molecule has 12 heavy (non-hydrogen) atoms. The van der Waals surface area contributed by atoms with Crippen molar-refractivity contribution in [2.75, 3.05) is 7.05 Å². The molecule has 1 heterocycles. The average Bonchev–Trinajstić information content (AvgIpc) is 2.37. The molecule has 1 rings (SSSR count). The second-order valence-electron chi connectivity index (χ2n) is 3.03. The summed E-state index contributed by atoms with van der Waals surface area (Å²) < 4.78 is 2.11. The van der Waals surface area contributed by atoms with Crippen molar-refractivity contribution in [3.63, 3.8) is 0 Å². The largest absolute Gasteiger partial charge is 0.337 e. The molecular weight excluding hydrogens is 150 g/mol. The molecule has 0 spiro atoms. The van der Waals surface area contributed by atoms with E-state index in [0.29, 0.717) is 0 Å². The lowest BCUT2D eigenvalue weighted by Crippen LogP contribution is -2.08. The molecule has 1 N–H and O–H groups in total. The summed E-state index contributed by atoms with van der Waals surface area (Å²) in [6.45, 7) is 3.06. The van der Waals surface area contributed by atoms with Crippen LogP contribution < -0.4 is 5.32 Å². The van der Waals surface area contributed by atoms with Gasteiger partial charge in [-0.2, -0.15) is 0 Å². The van der Waals surface area contributed by atoms with Crippen LogP contribution in [0.3, 0.4) is 0 Å². The van der Waals surface area contributed by atoms with Crippen LogP contribution in [0.5, 0.6) is 0 Å². The van der Waals surface area contributed by atoms with E-state index in [1.165, 1.54) is 17.8 Å². The number of rotatable bonds is 4. The van der Waals surface area contributed by atoms with Crippen LogP contribution in [0.15, 0.2) is 6.33 Å². The molecule has 0 aliphatic heterocycles. The number of imidazole rings is 1. The minimum absolute atomic E-state index is 0.871. The number of hydrogen-bond donors (Lipinski definition) is 1. The zero-order valence-corrected chi connectivity index (χ0v) is 8.09. The van der Waals surface area contributed by atoms with E-state index in [0.717, 1.165) is 13.0 Å². The summed E-state index contributed by atoms with van der Waals surface area (Å²) in [7, 11) is 4.00. The highest BCUT2D eigenvalue weighted by Gasteiger charge is 2.05. The summed E-state index contributed by atoms with van der Waals surface area (Å²) in [4.78, 5) is 4.32. The van der Waals surface area contributed by atoms with E-state index in [4.69, 9.17) is 0 Å². The Morgan fingerprint density at radius 2 is 2.33 bits per heavy atom. The molecule has 0 fully saturated rings. The topological polar surface area (TPSA) is 29.9 Å². The smallest absolute Gasteiger partial charge is 0.0949 e. The van der Waals surface area contributed by atoms with Gasteiger partial charge in [0.05, 0.1) is 12.0 Å². The SMILES string of the molecule is CCCc1c(CNC)ncn1C. The van der Waals surface area contributed by atoms with Crippen molar-refractivity contribution in [3.8, 4) is 0 Å². The standard InChI is InChI=1S/C9H17N3/c1-4-5-9-8(6-10-2)11-7-12(9)3/h7,10H,4-6H2,1-3H3. The number of nitrogens with zero attached hydrogens (tertiary/aromatic N) is 2. The van der Waals surface area contributed by atoms with Gasteiger partial charge in [-0.3, -0.25) is 0 Å². The van der Waals surface area contributed by atoms with Gasteiger partial charge in [0.1, 0.15) is 0 Å². The van der Waals surface area contributed by atoms with Gasteiger partial charge >= 0.3 is 0 Å². The van der Waals surface area contributed by atoms with Crippen LogP contribution in [0.25, 0.3) is 0 Å². The lowest BCUT2D eigenvalue weighted by Gasteiger charge is -2.03. The van der Waals surface area contributed by atoms with Crippen molar-refractivity contribution in [2.45, 2.75) is 26.3 Å². The molecule has 0 aliphatic carbocycles. The maximum atomic E-state index is 4.32. The molecule has 0 bridgehead atoms. The first kappa shape index (κ1) is 9.26. The molecule has 0 unspecified atom stereocenters. The number of hydrogen-bond acceptors (Lipinski definition) is 2. The third-order valence-corrected chi connectivity index (χ3v) is 1.98. The van der Waals surface area contributed by atoms with Crippen molar-refractivity contribution in [2.24, 2.45) is 7.05 Å². The third kappa shape index (κ3) is 1.85. The minimum atomic E-state index is 0.871. The highest BCUT2D eigenvalue weighted by molar-refractivity contribution is 5.12. The molecule has 0 aromatic carbocycles. The zero-order chi connectivity index (χ0) is 8.97. The number of aromatic nitrogens is 2. The Kier molecular flexibility index (Phi) is 3.29. The second kappa shape index (κ2) is 4.26. The van der Waals surface area contributed by atoms with E-state index in [1.807, 2.05) is 13.4 Å². The molecule has 1 aromatic rings. The second-order valence-corrected chi connectivity index (χ2v) is 3.03. The van der Waals surface area contributed by atoms with Crippen molar-refractivity contribution in [1.29, 1.82) is 0 Å². The molecule has 0 saturated heterocycles. The Bertz CT molecular complexity index is 240. The van der Waals surface area contributed by atoms with Gasteiger partial charge in [-0.1, -0.05) is 13.3 Å². The average molecular weight is 167 g/mol. The Morgan fingerprint density at radius 1 is 1.58 bits per heavy atom. The summed E-state index contributed by atoms with van der Waals surface area (Å²) in [6.07, 6.45) is 4.18. The van der Waals surface area contributed by atoms with E-state index in [1.54, 1.807) is 0 Å². The van der Waals surface area contributed by atoms with Crippen molar-refractivity contribution < 1.29 is 0 Å². The maximum absolute atomic E-state index is 4.32. The van der Waals surface area contributed by atoms with Gasteiger partial charge < -0.3 is 9.88 Å². The van der Waals surface area contributed by atoms with E-state index in [2.05, 4.69) is 28.8 Å². The van der Waals surface area contributed by atoms with Gasteiger partial charge in [0, 0.05) is 19.3 Å². The Morgan fingerprint density at radius 3 is 2.92 bits per heavy atom. The molecule has 0 amide bonds. The summed E-state index contributed by atoms with van der Waals surface area (Å²) in [6, 6.07) is 0. The summed E-state index contributed by atoms with van der Waals surface area (Å²) in [5, 5.41) is 3.12. The van der Waals surface area contributed by atoms with E-state index in [-0.39, 0.29) is 0 Å². The molecule has 0 aliphatic rings. The van der Waals surface area contributed by atoms with Crippen molar-refractivity contribution >= 4 is 0 Å². The molecule has 1 aromatic heterocycles. The Balaban J connectivity index is 2.80. The number of nitrogens with one attached hydrogen (secondary N) is 1. The summed E-state index contributed by atoms with van der Waals surface area (Å²) in [5.74, 6) is 0. The first-order valence-corrected chi connectivity index (χ1v) is 4.43. The molecule has 68 valence electrons. The first-order valence-electron chi connectivity index (χ1n) is 4.43. The Hall–Kier alpha value is -0.830. The molecule has 3 nitrogen and oxygen atoms in total.